The molecule has 0 bridgehead atoms. The summed E-state index contributed by atoms with van der Waals surface area (Å²) in [6.07, 6.45) is 1.11. The van der Waals surface area contributed by atoms with Crippen molar-refractivity contribution >= 4 is 11.0 Å². The van der Waals surface area contributed by atoms with Crippen LogP contribution in [-0.4, -0.2) is 52.5 Å². The molecule has 0 aliphatic carbocycles. The van der Waals surface area contributed by atoms with Gasteiger partial charge in [0, 0.05) is 18.1 Å². The summed E-state index contributed by atoms with van der Waals surface area (Å²) in [5.41, 5.74) is 1.57. The molecule has 3 rings (SSSR count). The monoisotopic (exact) mass is 498 g/mol. The van der Waals surface area contributed by atoms with Gasteiger partial charge in [0.25, 0.3) is 0 Å². The fourth-order valence-corrected chi connectivity index (χ4v) is 3.80. The number of ether oxygens (including phenoxy) is 2. The van der Waals surface area contributed by atoms with Crippen molar-refractivity contribution in [2.24, 2.45) is 0 Å². The molecular formula is C27H30O9. The first-order valence-electron chi connectivity index (χ1n) is 11.1. The number of benzene rings is 2. The third-order valence-corrected chi connectivity index (χ3v) is 5.89. The van der Waals surface area contributed by atoms with E-state index in [1.165, 1.54) is 14.2 Å². The van der Waals surface area contributed by atoms with Crippen molar-refractivity contribution in [3.63, 3.8) is 0 Å². The Kier molecular flexibility index (Phi) is 7.96. The van der Waals surface area contributed by atoms with Crippen molar-refractivity contribution in [2.75, 3.05) is 20.8 Å². The molecule has 5 N–H and O–H groups in total. The van der Waals surface area contributed by atoms with Gasteiger partial charge in [-0.05, 0) is 43.5 Å². The second-order valence-corrected chi connectivity index (χ2v) is 8.57. The van der Waals surface area contributed by atoms with Gasteiger partial charge in [0.15, 0.2) is 17.3 Å². The van der Waals surface area contributed by atoms with Crippen LogP contribution in [-0.2, 0) is 12.8 Å². The average Bonchev–Trinajstić information content (AvgIpc) is 2.83. The van der Waals surface area contributed by atoms with Gasteiger partial charge in [0.1, 0.15) is 16.7 Å². The van der Waals surface area contributed by atoms with E-state index < -0.39 is 23.0 Å². The normalized spacial score (nSPS) is 12.6. The summed E-state index contributed by atoms with van der Waals surface area (Å²) in [7, 11) is 2.51. The minimum absolute atomic E-state index is 0.00542. The molecule has 0 saturated carbocycles. The number of fused-ring (bicyclic) bond motifs is 1. The van der Waals surface area contributed by atoms with E-state index in [-0.39, 0.29) is 53.4 Å². The molecule has 36 heavy (non-hydrogen) atoms. The van der Waals surface area contributed by atoms with E-state index in [1.807, 2.05) is 0 Å². The molecule has 1 unspecified atom stereocenters. The predicted molar refractivity (Wildman–Crippen MR) is 135 cm³/mol. The molecule has 0 fully saturated rings. The van der Waals surface area contributed by atoms with Crippen LogP contribution in [0.4, 0.5) is 0 Å². The predicted octanol–water partition coefficient (Wildman–Crippen LogP) is 3.55. The standard InChI is InChI=1S/C27H30O9/c1-13(2)18(29)10-16-9-17(8-15(22(16)31)7-6-14(3)12-28)25-27(35-5)24(33)21-20(36-25)11-19(30)26(34-4)23(21)32/h6,8-9,11,18,28-32H,1,7,10,12H2,2-5H3/b14-6-. The second-order valence-electron chi connectivity index (χ2n) is 8.57. The fraction of sp³-hybridized carbons (Fsp3) is 0.296. The number of hydrogen-bond acceptors (Lipinski definition) is 9. The van der Waals surface area contributed by atoms with Gasteiger partial charge in [0.05, 0.1) is 26.9 Å². The van der Waals surface area contributed by atoms with Gasteiger partial charge in [-0.25, -0.2) is 0 Å². The SMILES string of the molecule is C=C(C)C(O)Cc1cc(-c2oc3cc(O)c(OC)c(O)c3c(=O)c2OC)cc(C/C=C(/C)CO)c1O. The van der Waals surface area contributed by atoms with Crippen LogP contribution >= 0.6 is 0 Å². The summed E-state index contributed by atoms with van der Waals surface area (Å²) in [5.74, 6) is -1.57. The van der Waals surface area contributed by atoms with Crippen molar-refractivity contribution in [1.82, 2.24) is 0 Å². The van der Waals surface area contributed by atoms with Crippen LogP contribution in [0.2, 0.25) is 0 Å². The van der Waals surface area contributed by atoms with Crippen LogP contribution in [0.3, 0.4) is 0 Å². The lowest BCUT2D eigenvalue weighted by atomic mass is 9.94. The molecule has 1 atom stereocenters. The highest BCUT2D eigenvalue weighted by molar-refractivity contribution is 5.91. The molecule has 192 valence electrons. The Labute approximate surface area is 207 Å². The summed E-state index contributed by atoms with van der Waals surface area (Å²) in [5, 5.41) is 51.2. The molecule has 3 aromatic rings. The van der Waals surface area contributed by atoms with E-state index in [9.17, 15) is 30.3 Å². The number of aliphatic hydroxyl groups is 2. The maximum atomic E-state index is 13.3. The number of allylic oxidation sites excluding steroid dienone is 1. The van der Waals surface area contributed by atoms with Gasteiger partial charge in [-0.3, -0.25) is 4.79 Å². The minimum atomic E-state index is -0.930. The number of hydrogen-bond donors (Lipinski definition) is 5. The van der Waals surface area contributed by atoms with E-state index >= 15 is 0 Å². The van der Waals surface area contributed by atoms with Crippen LogP contribution < -0.4 is 14.9 Å². The summed E-state index contributed by atoms with van der Waals surface area (Å²) in [6, 6.07) is 4.31. The molecule has 2 aromatic carbocycles. The van der Waals surface area contributed by atoms with Gasteiger partial charge in [0.2, 0.25) is 16.9 Å². The zero-order valence-electron chi connectivity index (χ0n) is 20.6. The Balaban J connectivity index is 2.34. The van der Waals surface area contributed by atoms with Gasteiger partial charge in [-0.1, -0.05) is 23.8 Å². The fourth-order valence-electron chi connectivity index (χ4n) is 3.80. The van der Waals surface area contributed by atoms with E-state index in [0.717, 1.165) is 6.07 Å². The third-order valence-electron chi connectivity index (χ3n) is 5.89. The molecule has 0 aliphatic rings. The maximum absolute atomic E-state index is 13.3. The first-order chi connectivity index (χ1) is 17.0. The lowest BCUT2D eigenvalue weighted by Crippen LogP contribution is -2.12. The molecule has 9 heteroatoms. The van der Waals surface area contributed by atoms with Crippen LogP contribution in [0.15, 0.2) is 51.2 Å². The maximum Gasteiger partial charge on any atom is 0.239 e. The summed E-state index contributed by atoms with van der Waals surface area (Å²) >= 11 is 0. The van der Waals surface area contributed by atoms with E-state index in [1.54, 1.807) is 32.1 Å². The van der Waals surface area contributed by atoms with Crippen molar-refractivity contribution in [3.05, 3.63) is 63.4 Å². The largest absolute Gasteiger partial charge is 0.507 e. The van der Waals surface area contributed by atoms with Crippen LogP contribution in [0.1, 0.15) is 25.0 Å². The van der Waals surface area contributed by atoms with Crippen LogP contribution in [0.25, 0.3) is 22.3 Å². The number of phenolic OH excluding ortho intramolecular Hbond substituents is 3. The number of aromatic hydroxyl groups is 3. The Morgan fingerprint density at radius 2 is 1.69 bits per heavy atom. The summed E-state index contributed by atoms with van der Waals surface area (Å²) in [6.45, 7) is 7.01. The van der Waals surface area contributed by atoms with Crippen molar-refractivity contribution < 1.29 is 39.4 Å². The first kappa shape index (κ1) is 26.7. The average molecular weight is 499 g/mol. The molecule has 1 heterocycles. The second kappa shape index (κ2) is 10.8. The Hall–Kier alpha value is -3.95. The van der Waals surface area contributed by atoms with Gasteiger partial charge >= 0.3 is 0 Å². The summed E-state index contributed by atoms with van der Waals surface area (Å²) in [4.78, 5) is 13.3. The van der Waals surface area contributed by atoms with Crippen LogP contribution in [0.5, 0.6) is 28.7 Å². The van der Waals surface area contributed by atoms with Gasteiger partial charge in [-0.2, -0.15) is 0 Å². The highest BCUT2D eigenvalue weighted by atomic mass is 16.5. The minimum Gasteiger partial charge on any atom is -0.507 e. The quantitative estimate of drug-likeness (QED) is 0.279. The third kappa shape index (κ3) is 5.02. The Morgan fingerprint density at radius 3 is 2.28 bits per heavy atom. The zero-order chi connectivity index (χ0) is 26.7. The van der Waals surface area contributed by atoms with Crippen LogP contribution in [0, 0.1) is 0 Å². The lowest BCUT2D eigenvalue weighted by Gasteiger charge is -2.17. The van der Waals surface area contributed by atoms with E-state index in [0.29, 0.717) is 27.8 Å². The van der Waals surface area contributed by atoms with Crippen molar-refractivity contribution in [3.8, 4) is 40.1 Å². The number of methoxy groups -OCH3 is 2. The molecule has 0 aliphatic heterocycles. The number of aliphatic hydroxyl groups excluding tert-OH is 2. The molecule has 0 spiro atoms. The number of rotatable bonds is 9. The molecular weight excluding hydrogens is 468 g/mol. The smallest absolute Gasteiger partial charge is 0.239 e. The lowest BCUT2D eigenvalue weighted by molar-refractivity contribution is 0.210. The highest BCUT2D eigenvalue weighted by Crippen LogP contribution is 2.44. The molecule has 0 radical (unpaired) electrons. The Morgan fingerprint density at radius 1 is 1.06 bits per heavy atom. The van der Waals surface area contributed by atoms with Gasteiger partial charge < -0.3 is 39.4 Å². The van der Waals surface area contributed by atoms with Crippen molar-refractivity contribution in [1.29, 1.82) is 0 Å². The molecule has 9 nitrogen and oxygen atoms in total. The highest BCUT2D eigenvalue weighted by Gasteiger charge is 2.25. The molecule has 1 aromatic heterocycles. The Bertz CT molecular complexity index is 1400. The van der Waals surface area contributed by atoms with Gasteiger partial charge in [-0.15, -0.1) is 0 Å². The van der Waals surface area contributed by atoms with E-state index in [4.69, 9.17) is 13.9 Å². The number of phenols is 3. The molecule has 0 amide bonds. The topological polar surface area (TPSA) is 150 Å². The van der Waals surface area contributed by atoms with Crippen molar-refractivity contribution in [2.45, 2.75) is 32.8 Å². The summed E-state index contributed by atoms with van der Waals surface area (Å²) < 4.78 is 16.3. The molecule has 0 saturated heterocycles. The first-order valence-corrected chi connectivity index (χ1v) is 11.1. The zero-order valence-corrected chi connectivity index (χ0v) is 20.6. The van der Waals surface area contributed by atoms with E-state index in [2.05, 4.69) is 6.58 Å².